The summed E-state index contributed by atoms with van der Waals surface area (Å²) in [6.45, 7) is 9.69. The molecule has 0 aromatic rings. The number of aliphatic hydroxyl groups is 1. The number of rotatable bonds is 8. The van der Waals surface area contributed by atoms with Crippen LogP contribution in [0.1, 0.15) is 60.3 Å². The third kappa shape index (κ3) is 4.80. The number of unbranched alkanes of at least 4 members (excludes halogenated alkanes) is 1. The molecule has 0 aromatic carbocycles. The topological polar surface area (TPSA) is 82.0 Å². The zero-order chi connectivity index (χ0) is 17.0. The molecule has 1 rings (SSSR count). The molecule has 0 saturated carbocycles. The van der Waals surface area contributed by atoms with Crippen LogP contribution in [0.15, 0.2) is 4.99 Å². The largest absolute Gasteiger partial charge is 0.390 e. The summed E-state index contributed by atoms with van der Waals surface area (Å²) in [7, 11) is 0. The molecule has 2 amide bonds. The van der Waals surface area contributed by atoms with E-state index in [0.29, 0.717) is 6.54 Å². The average molecular weight is 311 g/mol. The van der Waals surface area contributed by atoms with Gasteiger partial charge in [0, 0.05) is 13.0 Å². The third-order valence-electron chi connectivity index (χ3n) is 3.69. The van der Waals surface area contributed by atoms with Crippen LogP contribution < -0.4 is 5.32 Å². The molecule has 1 unspecified atom stereocenters. The molecule has 0 saturated heterocycles. The van der Waals surface area contributed by atoms with Gasteiger partial charge in [-0.15, -0.1) is 0 Å². The zero-order valence-electron chi connectivity index (χ0n) is 14.4. The zero-order valence-corrected chi connectivity index (χ0v) is 14.4. The van der Waals surface area contributed by atoms with Crippen LogP contribution >= 0.6 is 0 Å². The number of likely N-dealkylation sites (N-methyl/N-ethyl adjacent to an activating group) is 1. The van der Waals surface area contributed by atoms with Gasteiger partial charge in [0.25, 0.3) is 5.91 Å². The lowest BCUT2D eigenvalue weighted by atomic mass is 10.0. The van der Waals surface area contributed by atoms with Gasteiger partial charge in [-0.3, -0.25) is 19.5 Å². The summed E-state index contributed by atoms with van der Waals surface area (Å²) < 4.78 is 0. The minimum Gasteiger partial charge on any atom is -0.390 e. The van der Waals surface area contributed by atoms with Crippen molar-refractivity contribution in [2.75, 3.05) is 13.1 Å². The van der Waals surface area contributed by atoms with Gasteiger partial charge in [0.1, 0.15) is 5.84 Å². The molecule has 0 aliphatic carbocycles. The highest BCUT2D eigenvalue weighted by Crippen LogP contribution is 2.24. The molecule has 1 atom stereocenters. The van der Waals surface area contributed by atoms with Gasteiger partial charge in [-0.2, -0.15) is 0 Å². The molecular weight excluding hydrogens is 282 g/mol. The summed E-state index contributed by atoms with van der Waals surface area (Å²) in [5.41, 5.74) is -2.00. The van der Waals surface area contributed by atoms with E-state index >= 15 is 0 Å². The van der Waals surface area contributed by atoms with Crippen LogP contribution in [0.2, 0.25) is 0 Å². The van der Waals surface area contributed by atoms with E-state index in [1.807, 2.05) is 6.92 Å². The van der Waals surface area contributed by atoms with Crippen molar-refractivity contribution in [3.05, 3.63) is 0 Å². The summed E-state index contributed by atoms with van der Waals surface area (Å²) in [6, 6.07) is 0. The molecule has 22 heavy (non-hydrogen) atoms. The summed E-state index contributed by atoms with van der Waals surface area (Å²) in [5, 5.41) is 12.4. The number of nitrogens with zero attached hydrogens (tertiary/aromatic N) is 2. The summed E-state index contributed by atoms with van der Waals surface area (Å²) >= 11 is 0. The van der Waals surface area contributed by atoms with Gasteiger partial charge < -0.3 is 10.4 Å². The number of carbonyl (C=O) groups excluding carboxylic acids is 2. The van der Waals surface area contributed by atoms with Gasteiger partial charge in [0.2, 0.25) is 5.91 Å². The van der Waals surface area contributed by atoms with E-state index in [4.69, 9.17) is 0 Å². The SMILES string of the molecule is CCCCC1=NC(C)(CNC(=O)CC(C)(C)O)C(=O)N1CC. The number of amides is 2. The number of hydrogen-bond acceptors (Lipinski definition) is 4. The van der Waals surface area contributed by atoms with Crippen molar-refractivity contribution in [3.8, 4) is 0 Å². The van der Waals surface area contributed by atoms with Crippen molar-refractivity contribution >= 4 is 17.6 Å². The number of aliphatic imine (C=N–C) groups is 1. The maximum atomic E-state index is 12.5. The molecule has 0 aromatic heterocycles. The van der Waals surface area contributed by atoms with Gasteiger partial charge >= 0.3 is 0 Å². The second-order valence-electron chi connectivity index (χ2n) is 6.72. The smallest absolute Gasteiger partial charge is 0.257 e. The normalized spacial score (nSPS) is 22.0. The Morgan fingerprint density at radius 1 is 1.41 bits per heavy atom. The van der Waals surface area contributed by atoms with Crippen molar-refractivity contribution in [2.45, 2.75) is 71.4 Å². The van der Waals surface area contributed by atoms with Crippen LogP contribution in [0.25, 0.3) is 0 Å². The third-order valence-corrected chi connectivity index (χ3v) is 3.69. The Morgan fingerprint density at radius 2 is 2.05 bits per heavy atom. The molecular formula is C16H29N3O3. The summed E-state index contributed by atoms with van der Waals surface area (Å²) in [6.07, 6.45) is 2.82. The lowest BCUT2D eigenvalue weighted by molar-refractivity contribution is -0.131. The van der Waals surface area contributed by atoms with E-state index in [9.17, 15) is 14.7 Å². The van der Waals surface area contributed by atoms with Gasteiger partial charge in [-0.1, -0.05) is 13.3 Å². The van der Waals surface area contributed by atoms with Crippen molar-refractivity contribution < 1.29 is 14.7 Å². The standard InChI is InChI=1S/C16H29N3O3/c1-6-8-9-12-18-16(5,14(21)19(12)7-2)11-17-13(20)10-15(3,4)22/h22H,6-11H2,1-5H3,(H,17,20). The Kier molecular flexibility index (Phi) is 6.11. The molecule has 6 heteroatoms. The average Bonchev–Trinajstić information content (AvgIpc) is 2.64. The number of amidine groups is 1. The van der Waals surface area contributed by atoms with Crippen LogP contribution in [0.4, 0.5) is 0 Å². The van der Waals surface area contributed by atoms with Crippen molar-refractivity contribution in [3.63, 3.8) is 0 Å². The maximum absolute atomic E-state index is 12.5. The van der Waals surface area contributed by atoms with Crippen molar-refractivity contribution in [1.29, 1.82) is 0 Å². The van der Waals surface area contributed by atoms with Crippen molar-refractivity contribution in [2.24, 2.45) is 4.99 Å². The fourth-order valence-electron chi connectivity index (χ4n) is 2.49. The van der Waals surface area contributed by atoms with E-state index in [2.05, 4.69) is 17.2 Å². The summed E-state index contributed by atoms with van der Waals surface area (Å²) in [4.78, 5) is 30.6. The Bertz CT molecular complexity index is 454. The van der Waals surface area contributed by atoms with E-state index in [1.165, 1.54) is 0 Å². The molecule has 0 fully saturated rings. The Balaban J connectivity index is 2.73. The first-order chi connectivity index (χ1) is 10.1. The first-order valence-corrected chi connectivity index (χ1v) is 8.02. The Morgan fingerprint density at radius 3 is 2.55 bits per heavy atom. The predicted molar refractivity (Wildman–Crippen MR) is 86.7 cm³/mol. The molecule has 2 N–H and O–H groups in total. The highest BCUT2D eigenvalue weighted by atomic mass is 16.3. The number of carbonyl (C=O) groups is 2. The highest BCUT2D eigenvalue weighted by molar-refractivity contribution is 6.08. The lowest BCUT2D eigenvalue weighted by Crippen LogP contribution is -2.48. The first kappa shape index (κ1) is 18.6. The fraction of sp³-hybridized carbons (Fsp3) is 0.812. The molecule has 1 aliphatic heterocycles. The minimum absolute atomic E-state index is 0.00116. The van der Waals surface area contributed by atoms with Gasteiger partial charge in [0.15, 0.2) is 5.54 Å². The highest BCUT2D eigenvalue weighted by Gasteiger charge is 2.43. The van der Waals surface area contributed by atoms with Gasteiger partial charge in [-0.05, 0) is 34.1 Å². The minimum atomic E-state index is -1.06. The fourth-order valence-corrected chi connectivity index (χ4v) is 2.49. The van der Waals surface area contributed by atoms with Crippen LogP contribution in [-0.2, 0) is 9.59 Å². The van der Waals surface area contributed by atoms with Crippen LogP contribution in [-0.4, -0.2) is 51.9 Å². The van der Waals surface area contributed by atoms with Crippen molar-refractivity contribution in [1.82, 2.24) is 10.2 Å². The van der Waals surface area contributed by atoms with E-state index in [0.717, 1.165) is 25.1 Å². The van der Waals surface area contributed by atoms with Gasteiger partial charge in [0.05, 0.1) is 18.6 Å². The summed E-state index contributed by atoms with van der Waals surface area (Å²) in [5.74, 6) is 0.472. The Labute approximate surface area is 133 Å². The molecule has 0 bridgehead atoms. The monoisotopic (exact) mass is 311 g/mol. The quantitative estimate of drug-likeness (QED) is 0.712. The van der Waals surface area contributed by atoms with E-state index in [1.54, 1.807) is 25.7 Å². The molecule has 1 heterocycles. The first-order valence-electron chi connectivity index (χ1n) is 8.02. The Hall–Kier alpha value is -1.43. The van der Waals surface area contributed by atoms with Crippen LogP contribution in [0.3, 0.4) is 0 Å². The van der Waals surface area contributed by atoms with Crippen LogP contribution in [0.5, 0.6) is 0 Å². The second kappa shape index (κ2) is 7.22. The van der Waals surface area contributed by atoms with Crippen LogP contribution in [0, 0.1) is 0 Å². The number of nitrogens with one attached hydrogen (secondary N) is 1. The molecule has 0 radical (unpaired) electrons. The van der Waals surface area contributed by atoms with E-state index < -0.39 is 11.1 Å². The second-order valence-corrected chi connectivity index (χ2v) is 6.72. The number of hydrogen-bond donors (Lipinski definition) is 2. The molecule has 1 aliphatic rings. The maximum Gasteiger partial charge on any atom is 0.257 e. The predicted octanol–water partition coefficient (Wildman–Crippen LogP) is 1.47. The molecule has 6 nitrogen and oxygen atoms in total. The molecule has 126 valence electrons. The van der Waals surface area contributed by atoms with Gasteiger partial charge in [-0.25, -0.2) is 0 Å². The van der Waals surface area contributed by atoms with E-state index in [-0.39, 0.29) is 24.8 Å². The molecule has 0 spiro atoms. The lowest BCUT2D eigenvalue weighted by Gasteiger charge is -2.23.